The topological polar surface area (TPSA) is 58.9 Å². The Hall–Kier alpha value is -0.975. The lowest BCUT2D eigenvalue weighted by Gasteiger charge is -2.13. The first-order chi connectivity index (χ1) is 7.40. The van der Waals surface area contributed by atoms with Gasteiger partial charge < -0.3 is 19.4 Å². The second-order valence-corrected chi connectivity index (χ2v) is 3.73. The van der Waals surface area contributed by atoms with Crippen molar-refractivity contribution < 1.29 is 23.8 Å². The fourth-order valence-electron chi connectivity index (χ4n) is 1.06. The minimum absolute atomic E-state index is 0.0889. The molecule has 0 fully saturated rings. The van der Waals surface area contributed by atoms with Gasteiger partial charge in [0.05, 0.1) is 11.1 Å². The molecule has 1 aromatic carbocycles. The van der Waals surface area contributed by atoms with Crippen LogP contribution in [-0.4, -0.2) is 23.5 Å². The van der Waals surface area contributed by atoms with Crippen LogP contribution in [-0.2, 0) is 0 Å². The summed E-state index contributed by atoms with van der Waals surface area (Å²) in [5, 5.41) is 17.2. The van der Waals surface area contributed by atoms with Gasteiger partial charge in [-0.1, -0.05) is 11.6 Å². The van der Waals surface area contributed by atoms with E-state index in [2.05, 4.69) is 4.65 Å². The number of benzene rings is 1. The van der Waals surface area contributed by atoms with Gasteiger partial charge in [-0.3, -0.25) is 0 Å². The van der Waals surface area contributed by atoms with Gasteiger partial charge in [-0.2, -0.15) is 0 Å². The van der Waals surface area contributed by atoms with Crippen molar-refractivity contribution in [3.05, 3.63) is 23.0 Å². The van der Waals surface area contributed by atoms with Gasteiger partial charge in [0, 0.05) is 6.07 Å². The van der Waals surface area contributed by atoms with E-state index in [4.69, 9.17) is 26.4 Å². The number of hydrogen-bond donors (Lipinski definition) is 2. The van der Waals surface area contributed by atoms with E-state index < -0.39 is 13.1 Å². The summed E-state index contributed by atoms with van der Waals surface area (Å²) in [7, 11) is -2.09. The van der Waals surface area contributed by atoms with Crippen LogP contribution in [0.3, 0.4) is 0 Å². The van der Waals surface area contributed by atoms with E-state index >= 15 is 0 Å². The Kier molecular flexibility index (Phi) is 4.40. The normalized spacial score (nSPS) is 10.4. The zero-order valence-electron chi connectivity index (χ0n) is 8.78. The van der Waals surface area contributed by atoms with Gasteiger partial charge in [-0.05, 0) is 19.9 Å². The Balaban J connectivity index is 3.01. The maximum atomic E-state index is 13.2. The third kappa shape index (κ3) is 3.55. The highest BCUT2D eigenvalue weighted by atomic mass is 35.5. The van der Waals surface area contributed by atoms with Crippen molar-refractivity contribution in [3.63, 3.8) is 0 Å². The molecule has 0 saturated carbocycles. The quantitative estimate of drug-likeness (QED) is 0.795. The SMILES string of the molecule is CC(C)Oc1cc(OB(O)O)c(F)cc1Cl. The lowest BCUT2D eigenvalue weighted by Crippen LogP contribution is -2.21. The average molecular weight is 248 g/mol. The lowest BCUT2D eigenvalue weighted by molar-refractivity contribution is 0.240. The second kappa shape index (κ2) is 5.38. The molecular weight excluding hydrogens is 237 g/mol. The molecular formula is C9H11BClFO4. The highest BCUT2D eigenvalue weighted by Crippen LogP contribution is 2.32. The molecule has 7 heteroatoms. The Morgan fingerprint density at radius 2 is 1.94 bits per heavy atom. The van der Waals surface area contributed by atoms with E-state index in [1.165, 1.54) is 0 Å². The first-order valence-corrected chi connectivity index (χ1v) is 4.96. The van der Waals surface area contributed by atoms with Gasteiger partial charge in [-0.15, -0.1) is 0 Å². The third-order valence-corrected chi connectivity index (χ3v) is 1.88. The molecule has 0 radical (unpaired) electrons. The molecule has 0 aromatic heterocycles. The van der Waals surface area contributed by atoms with E-state index in [0.29, 0.717) is 0 Å². The monoisotopic (exact) mass is 248 g/mol. The molecule has 0 aliphatic carbocycles. The zero-order valence-corrected chi connectivity index (χ0v) is 9.53. The number of rotatable bonds is 4. The van der Waals surface area contributed by atoms with Crippen LogP contribution in [0.15, 0.2) is 12.1 Å². The maximum absolute atomic E-state index is 13.2. The number of ether oxygens (including phenoxy) is 1. The second-order valence-electron chi connectivity index (χ2n) is 3.32. The molecule has 2 N–H and O–H groups in total. The van der Waals surface area contributed by atoms with Gasteiger partial charge in [0.15, 0.2) is 5.82 Å². The van der Waals surface area contributed by atoms with Crippen molar-refractivity contribution in [3.8, 4) is 11.5 Å². The van der Waals surface area contributed by atoms with Crippen LogP contribution in [0.5, 0.6) is 11.5 Å². The van der Waals surface area contributed by atoms with Gasteiger partial charge in [0.2, 0.25) is 0 Å². The van der Waals surface area contributed by atoms with Crippen LogP contribution in [0.4, 0.5) is 4.39 Å². The van der Waals surface area contributed by atoms with Crippen molar-refractivity contribution in [2.75, 3.05) is 0 Å². The van der Waals surface area contributed by atoms with E-state index in [0.717, 1.165) is 12.1 Å². The van der Waals surface area contributed by atoms with E-state index in [-0.39, 0.29) is 22.6 Å². The van der Waals surface area contributed by atoms with Crippen LogP contribution in [0, 0.1) is 5.82 Å². The van der Waals surface area contributed by atoms with Crippen LogP contribution in [0.1, 0.15) is 13.8 Å². The minimum Gasteiger partial charge on any atom is -0.509 e. The van der Waals surface area contributed by atoms with Crippen LogP contribution >= 0.6 is 11.6 Å². The molecule has 0 spiro atoms. The third-order valence-electron chi connectivity index (χ3n) is 1.58. The van der Waals surface area contributed by atoms with E-state index in [9.17, 15) is 4.39 Å². The Bertz CT molecular complexity index is 342. The van der Waals surface area contributed by atoms with Gasteiger partial charge in [-0.25, -0.2) is 4.39 Å². The first kappa shape index (κ1) is 13.1. The fourth-order valence-corrected chi connectivity index (χ4v) is 1.25. The van der Waals surface area contributed by atoms with Crippen molar-refractivity contribution in [1.82, 2.24) is 0 Å². The van der Waals surface area contributed by atoms with Gasteiger partial charge in [0.25, 0.3) is 0 Å². The number of hydrogen-bond acceptors (Lipinski definition) is 4. The molecule has 4 nitrogen and oxygen atoms in total. The van der Waals surface area contributed by atoms with Crippen molar-refractivity contribution >= 4 is 18.9 Å². The standard InChI is InChI=1S/C9H11BClFO4/c1-5(2)15-8-4-9(16-10(13)14)7(12)3-6(8)11/h3-5,13-14H,1-2H3. The van der Waals surface area contributed by atoms with Crippen molar-refractivity contribution in [2.24, 2.45) is 0 Å². The summed E-state index contributed by atoms with van der Waals surface area (Å²) in [5.41, 5.74) is 0. The average Bonchev–Trinajstić information content (AvgIpc) is 2.11. The molecule has 0 atom stereocenters. The molecule has 1 rings (SSSR count). The summed E-state index contributed by atoms with van der Waals surface area (Å²) in [6.45, 7) is 3.56. The van der Waals surface area contributed by atoms with E-state index in [1.807, 2.05) is 0 Å². The lowest BCUT2D eigenvalue weighted by atomic mass is 10.2. The predicted octanol–water partition coefficient (Wildman–Crippen LogP) is 1.61. The number of halogens is 2. The summed E-state index contributed by atoms with van der Waals surface area (Å²) < 4.78 is 22.9. The summed E-state index contributed by atoms with van der Waals surface area (Å²) in [4.78, 5) is 0. The molecule has 0 aliphatic heterocycles. The predicted molar refractivity (Wildman–Crippen MR) is 58.0 cm³/mol. The molecule has 1 aromatic rings. The van der Waals surface area contributed by atoms with Crippen LogP contribution in [0.25, 0.3) is 0 Å². The highest BCUT2D eigenvalue weighted by molar-refractivity contribution is 6.34. The maximum Gasteiger partial charge on any atom is 0.707 e. The Labute approximate surface area is 97.7 Å². The zero-order chi connectivity index (χ0) is 12.3. The summed E-state index contributed by atoms with van der Waals surface area (Å²) in [6, 6.07) is 2.15. The Morgan fingerprint density at radius 3 is 2.44 bits per heavy atom. The summed E-state index contributed by atoms with van der Waals surface area (Å²) in [6.07, 6.45) is -0.144. The molecule has 0 amide bonds. The molecule has 88 valence electrons. The van der Waals surface area contributed by atoms with Crippen LogP contribution in [0.2, 0.25) is 5.02 Å². The van der Waals surface area contributed by atoms with E-state index in [1.54, 1.807) is 13.8 Å². The molecule has 0 unspecified atom stereocenters. The summed E-state index contributed by atoms with van der Waals surface area (Å²) >= 11 is 5.74. The highest BCUT2D eigenvalue weighted by Gasteiger charge is 2.17. The Morgan fingerprint density at radius 1 is 1.31 bits per heavy atom. The molecule has 0 heterocycles. The first-order valence-electron chi connectivity index (χ1n) is 4.58. The van der Waals surface area contributed by atoms with Crippen molar-refractivity contribution in [2.45, 2.75) is 20.0 Å². The van der Waals surface area contributed by atoms with Gasteiger partial charge in [0.1, 0.15) is 11.5 Å². The smallest absolute Gasteiger partial charge is 0.509 e. The summed E-state index contributed by atoms with van der Waals surface area (Å²) in [5.74, 6) is -0.919. The van der Waals surface area contributed by atoms with Gasteiger partial charge >= 0.3 is 7.32 Å². The molecule has 16 heavy (non-hydrogen) atoms. The minimum atomic E-state index is -2.09. The molecule has 0 aliphatic rings. The molecule has 0 bridgehead atoms. The largest absolute Gasteiger partial charge is 0.707 e. The van der Waals surface area contributed by atoms with Crippen LogP contribution < -0.4 is 9.39 Å². The van der Waals surface area contributed by atoms with Crippen molar-refractivity contribution in [1.29, 1.82) is 0 Å². The fraction of sp³-hybridized carbons (Fsp3) is 0.333. The molecule has 0 saturated heterocycles.